The number of hydrogen-bond acceptors (Lipinski definition) is 2. The fourth-order valence-electron chi connectivity index (χ4n) is 1.63. The van der Waals surface area contributed by atoms with Gasteiger partial charge < -0.3 is 9.84 Å². The third-order valence-corrected chi connectivity index (χ3v) is 2.58. The monoisotopic (exact) mass is 208 g/mol. The van der Waals surface area contributed by atoms with E-state index in [2.05, 4.69) is 19.9 Å². The Labute approximate surface area is 91.9 Å². The predicted molar refractivity (Wildman–Crippen MR) is 62.2 cm³/mol. The highest BCUT2D eigenvalue weighted by molar-refractivity contribution is 5.43. The van der Waals surface area contributed by atoms with Crippen molar-refractivity contribution in [2.45, 2.75) is 40.2 Å². The number of hydrogen-bond donors (Lipinski definition) is 1. The van der Waals surface area contributed by atoms with Gasteiger partial charge in [0.1, 0.15) is 5.75 Å². The Morgan fingerprint density at radius 1 is 1.07 bits per heavy atom. The number of benzene rings is 1. The van der Waals surface area contributed by atoms with Crippen molar-refractivity contribution in [3.63, 3.8) is 0 Å². The van der Waals surface area contributed by atoms with Gasteiger partial charge in [-0.1, -0.05) is 19.9 Å². The first-order chi connectivity index (χ1) is 7.22. The summed E-state index contributed by atoms with van der Waals surface area (Å²) in [5.74, 6) is 0.406. The lowest BCUT2D eigenvalue weighted by atomic mass is 10.0. The Balaban J connectivity index is 3.01. The van der Waals surface area contributed by atoms with Gasteiger partial charge in [-0.3, -0.25) is 0 Å². The lowest BCUT2D eigenvalue weighted by Gasteiger charge is -2.11. The average Bonchev–Trinajstić information content (AvgIpc) is 2.27. The summed E-state index contributed by atoms with van der Waals surface area (Å²) in [6.45, 7) is 7.32. The summed E-state index contributed by atoms with van der Waals surface area (Å²) in [5.41, 5.74) is 3.19. The Hall–Kier alpha value is -1.02. The topological polar surface area (TPSA) is 29.5 Å². The average molecular weight is 208 g/mol. The van der Waals surface area contributed by atoms with Gasteiger partial charge >= 0.3 is 0 Å². The fraction of sp³-hybridized carbons (Fsp3) is 0.538. The van der Waals surface area contributed by atoms with Crippen LogP contribution in [0.5, 0.6) is 5.75 Å². The van der Waals surface area contributed by atoms with Crippen LogP contribution in [0.2, 0.25) is 0 Å². The first kappa shape index (κ1) is 12.1. The third-order valence-electron chi connectivity index (χ3n) is 2.58. The Morgan fingerprint density at radius 2 is 1.73 bits per heavy atom. The summed E-state index contributed by atoms with van der Waals surface area (Å²) >= 11 is 0. The van der Waals surface area contributed by atoms with Crippen LogP contribution in [0, 0.1) is 0 Å². The molecule has 0 saturated carbocycles. The second-order valence-electron chi connectivity index (χ2n) is 3.61. The molecule has 0 spiro atoms. The van der Waals surface area contributed by atoms with Gasteiger partial charge in [-0.15, -0.1) is 0 Å². The van der Waals surface area contributed by atoms with E-state index in [4.69, 9.17) is 4.74 Å². The van der Waals surface area contributed by atoms with Crippen LogP contribution in [0.3, 0.4) is 0 Å². The molecule has 0 saturated heterocycles. The minimum absolute atomic E-state index is 0.406. The molecule has 0 radical (unpaired) electrons. The molecule has 2 nitrogen and oxygen atoms in total. The number of phenols is 1. The zero-order chi connectivity index (χ0) is 11.3. The molecule has 0 aromatic heterocycles. The normalized spacial score (nSPS) is 10.6. The Morgan fingerprint density at radius 3 is 2.27 bits per heavy atom. The van der Waals surface area contributed by atoms with Crippen molar-refractivity contribution in [2.24, 2.45) is 0 Å². The van der Waals surface area contributed by atoms with Crippen LogP contribution in [0.1, 0.15) is 37.5 Å². The van der Waals surface area contributed by atoms with Gasteiger partial charge in [-0.25, -0.2) is 0 Å². The molecule has 0 aliphatic heterocycles. The number of ether oxygens (including phenoxy) is 1. The second-order valence-corrected chi connectivity index (χ2v) is 3.61. The maximum absolute atomic E-state index is 9.96. The van der Waals surface area contributed by atoms with E-state index in [0.717, 1.165) is 24.0 Å². The summed E-state index contributed by atoms with van der Waals surface area (Å²) < 4.78 is 5.34. The molecule has 0 heterocycles. The van der Waals surface area contributed by atoms with Crippen molar-refractivity contribution in [2.75, 3.05) is 6.61 Å². The summed E-state index contributed by atoms with van der Waals surface area (Å²) in [5, 5.41) is 9.96. The molecule has 1 N–H and O–H groups in total. The summed E-state index contributed by atoms with van der Waals surface area (Å²) in [4.78, 5) is 0. The van der Waals surface area contributed by atoms with Crippen molar-refractivity contribution >= 4 is 0 Å². The standard InChI is InChI=1S/C13H20O2/c1-4-10-7-11(5-2)13(14)12(8-10)9-15-6-3/h7-8,14H,4-6,9H2,1-3H3. The maximum atomic E-state index is 9.96. The van der Waals surface area contributed by atoms with E-state index >= 15 is 0 Å². The van der Waals surface area contributed by atoms with Crippen LogP contribution in [-0.4, -0.2) is 11.7 Å². The molecule has 2 heteroatoms. The second kappa shape index (κ2) is 5.76. The quantitative estimate of drug-likeness (QED) is 0.805. The molecule has 0 bridgehead atoms. The molecule has 0 amide bonds. The van der Waals surface area contributed by atoms with Gasteiger partial charge in [-0.05, 0) is 37.0 Å². The van der Waals surface area contributed by atoms with Gasteiger partial charge in [0, 0.05) is 12.2 Å². The van der Waals surface area contributed by atoms with Crippen molar-refractivity contribution < 1.29 is 9.84 Å². The molecular weight excluding hydrogens is 188 g/mol. The van der Waals surface area contributed by atoms with Crippen LogP contribution >= 0.6 is 0 Å². The highest BCUT2D eigenvalue weighted by Gasteiger charge is 2.08. The van der Waals surface area contributed by atoms with Crippen LogP contribution < -0.4 is 0 Å². The van der Waals surface area contributed by atoms with Gasteiger partial charge in [0.05, 0.1) is 6.61 Å². The molecule has 0 aliphatic rings. The Kier molecular flexibility index (Phi) is 4.63. The van der Waals surface area contributed by atoms with E-state index in [0.29, 0.717) is 19.0 Å². The number of aromatic hydroxyl groups is 1. The number of aryl methyl sites for hydroxylation is 2. The number of rotatable bonds is 5. The lowest BCUT2D eigenvalue weighted by molar-refractivity contribution is 0.132. The zero-order valence-electron chi connectivity index (χ0n) is 9.84. The molecule has 0 unspecified atom stereocenters. The van der Waals surface area contributed by atoms with E-state index in [-0.39, 0.29) is 0 Å². The molecule has 0 fully saturated rings. The molecule has 1 rings (SSSR count). The first-order valence-electron chi connectivity index (χ1n) is 5.64. The molecule has 15 heavy (non-hydrogen) atoms. The highest BCUT2D eigenvalue weighted by atomic mass is 16.5. The molecule has 0 aliphatic carbocycles. The van der Waals surface area contributed by atoms with Gasteiger partial charge in [0.15, 0.2) is 0 Å². The van der Waals surface area contributed by atoms with Gasteiger partial charge in [0.25, 0.3) is 0 Å². The smallest absolute Gasteiger partial charge is 0.124 e. The molecular formula is C13H20O2. The van der Waals surface area contributed by atoms with Crippen molar-refractivity contribution in [3.8, 4) is 5.75 Å². The fourth-order valence-corrected chi connectivity index (χ4v) is 1.63. The van der Waals surface area contributed by atoms with Gasteiger partial charge in [0.2, 0.25) is 0 Å². The third kappa shape index (κ3) is 2.96. The van der Waals surface area contributed by atoms with Crippen molar-refractivity contribution in [3.05, 3.63) is 28.8 Å². The first-order valence-corrected chi connectivity index (χ1v) is 5.64. The highest BCUT2D eigenvalue weighted by Crippen LogP contribution is 2.26. The summed E-state index contributed by atoms with van der Waals surface area (Å²) in [7, 11) is 0. The van der Waals surface area contributed by atoms with E-state index in [1.165, 1.54) is 5.56 Å². The molecule has 84 valence electrons. The van der Waals surface area contributed by atoms with Crippen LogP contribution in [0.25, 0.3) is 0 Å². The van der Waals surface area contributed by atoms with Crippen molar-refractivity contribution in [1.82, 2.24) is 0 Å². The lowest BCUT2D eigenvalue weighted by Crippen LogP contribution is -1.97. The zero-order valence-corrected chi connectivity index (χ0v) is 9.84. The van der Waals surface area contributed by atoms with E-state index in [1.807, 2.05) is 13.0 Å². The van der Waals surface area contributed by atoms with Crippen molar-refractivity contribution in [1.29, 1.82) is 0 Å². The van der Waals surface area contributed by atoms with E-state index in [9.17, 15) is 5.11 Å². The van der Waals surface area contributed by atoms with Crippen LogP contribution in [-0.2, 0) is 24.2 Å². The minimum Gasteiger partial charge on any atom is -0.507 e. The van der Waals surface area contributed by atoms with Crippen LogP contribution in [0.15, 0.2) is 12.1 Å². The molecule has 0 atom stereocenters. The summed E-state index contributed by atoms with van der Waals surface area (Å²) in [6, 6.07) is 4.11. The minimum atomic E-state index is 0.406. The largest absolute Gasteiger partial charge is 0.507 e. The predicted octanol–water partition coefficient (Wildman–Crippen LogP) is 3.05. The SMILES string of the molecule is CCOCc1cc(CC)cc(CC)c1O. The maximum Gasteiger partial charge on any atom is 0.124 e. The molecule has 1 aromatic carbocycles. The van der Waals surface area contributed by atoms with E-state index in [1.54, 1.807) is 0 Å². The van der Waals surface area contributed by atoms with Gasteiger partial charge in [-0.2, -0.15) is 0 Å². The summed E-state index contributed by atoms with van der Waals surface area (Å²) in [6.07, 6.45) is 1.85. The number of phenolic OH excluding ortho intramolecular Hbond substituents is 1. The van der Waals surface area contributed by atoms with E-state index < -0.39 is 0 Å². The molecule has 1 aromatic rings. The van der Waals surface area contributed by atoms with Crippen LogP contribution in [0.4, 0.5) is 0 Å². The Bertz CT molecular complexity index is 319.